The van der Waals surface area contributed by atoms with Crippen LogP contribution in [0.3, 0.4) is 0 Å². The molecule has 2 aromatic rings. The second kappa shape index (κ2) is 7.74. The van der Waals surface area contributed by atoms with Crippen molar-refractivity contribution in [2.24, 2.45) is 5.10 Å². The number of nitrogens with one attached hydrogen (secondary N) is 2. The number of hydrogen-bond acceptors (Lipinski definition) is 4. The van der Waals surface area contributed by atoms with E-state index in [1.807, 2.05) is 19.1 Å². The Kier molecular flexibility index (Phi) is 5.46. The van der Waals surface area contributed by atoms with Gasteiger partial charge in [0.1, 0.15) is 12.2 Å². The minimum absolute atomic E-state index is 0.0581. The van der Waals surface area contributed by atoms with Gasteiger partial charge in [0.2, 0.25) is 11.8 Å². The van der Waals surface area contributed by atoms with Gasteiger partial charge in [-0.2, -0.15) is 5.10 Å². The van der Waals surface area contributed by atoms with E-state index in [-0.39, 0.29) is 12.2 Å². The van der Waals surface area contributed by atoms with E-state index in [0.717, 1.165) is 5.56 Å². The number of amides is 2. The number of para-hydroxylation sites is 2. The maximum Gasteiger partial charge on any atom is 0.249 e. The molecule has 2 amide bonds. The smallest absolute Gasteiger partial charge is 0.249 e. The highest BCUT2D eigenvalue weighted by Crippen LogP contribution is 2.13. The average Bonchev–Trinajstić information content (AvgIpc) is 2.51. The number of anilines is 1. The molecule has 6 nitrogen and oxygen atoms in total. The third-order valence-electron chi connectivity index (χ3n) is 3.07. The Labute approximate surface area is 133 Å². The number of phenols is 1. The van der Waals surface area contributed by atoms with Gasteiger partial charge in [0.05, 0.1) is 6.21 Å². The number of aromatic hydroxyl groups is 1. The minimum Gasteiger partial charge on any atom is -0.507 e. The molecule has 0 saturated heterocycles. The van der Waals surface area contributed by atoms with Crippen molar-refractivity contribution in [2.45, 2.75) is 13.3 Å². The molecule has 0 unspecified atom stereocenters. The fourth-order valence-electron chi connectivity index (χ4n) is 1.86. The molecule has 118 valence electrons. The van der Waals surface area contributed by atoms with Gasteiger partial charge in [-0.3, -0.25) is 9.59 Å². The van der Waals surface area contributed by atoms with E-state index in [0.29, 0.717) is 11.3 Å². The summed E-state index contributed by atoms with van der Waals surface area (Å²) in [5, 5.41) is 15.9. The lowest BCUT2D eigenvalue weighted by Gasteiger charge is -2.07. The summed E-state index contributed by atoms with van der Waals surface area (Å²) in [5.41, 5.74) is 4.30. The van der Waals surface area contributed by atoms with Gasteiger partial charge in [0.15, 0.2) is 0 Å². The molecular weight excluding hydrogens is 294 g/mol. The summed E-state index contributed by atoms with van der Waals surface area (Å²) in [6.45, 7) is 1.87. The molecular formula is C17H17N3O3. The highest BCUT2D eigenvalue weighted by Gasteiger charge is 2.09. The molecule has 6 heteroatoms. The third-order valence-corrected chi connectivity index (χ3v) is 3.07. The molecule has 2 aromatic carbocycles. The van der Waals surface area contributed by atoms with Gasteiger partial charge in [-0.25, -0.2) is 5.43 Å². The van der Waals surface area contributed by atoms with Crippen LogP contribution in [0.1, 0.15) is 17.5 Å². The van der Waals surface area contributed by atoms with Gasteiger partial charge in [0.25, 0.3) is 0 Å². The normalized spacial score (nSPS) is 10.5. The first-order chi connectivity index (χ1) is 11.1. The van der Waals surface area contributed by atoms with Gasteiger partial charge in [-0.15, -0.1) is 0 Å². The van der Waals surface area contributed by atoms with E-state index in [9.17, 15) is 14.7 Å². The lowest BCUT2D eigenvalue weighted by molar-refractivity contribution is -0.126. The van der Waals surface area contributed by atoms with Gasteiger partial charge in [-0.05, 0) is 30.7 Å². The summed E-state index contributed by atoms with van der Waals surface area (Å²) in [4.78, 5) is 23.5. The summed E-state index contributed by atoms with van der Waals surface area (Å²) in [7, 11) is 0. The predicted molar refractivity (Wildman–Crippen MR) is 88.3 cm³/mol. The number of hydrazone groups is 1. The van der Waals surface area contributed by atoms with E-state index in [4.69, 9.17) is 0 Å². The molecule has 2 rings (SSSR count). The molecule has 3 N–H and O–H groups in total. The van der Waals surface area contributed by atoms with E-state index in [1.165, 1.54) is 12.3 Å². The summed E-state index contributed by atoms with van der Waals surface area (Å²) < 4.78 is 0. The first-order valence-electron chi connectivity index (χ1n) is 7.01. The highest BCUT2D eigenvalue weighted by atomic mass is 16.3. The van der Waals surface area contributed by atoms with Crippen molar-refractivity contribution in [1.82, 2.24) is 5.43 Å². The SMILES string of the molecule is Cc1ccccc1NC(=O)CC(=O)N/N=C/c1ccccc1O. The topological polar surface area (TPSA) is 90.8 Å². The van der Waals surface area contributed by atoms with Crippen LogP contribution >= 0.6 is 0 Å². The molecule has 0 spiro atoms. The molecule has 0 atom stereocenters. The Hall–Kier alpha value is -3.15. The average molecular weight is 311 g/mol. The molecule has 0 aliphatic rings. The molecule has 0 fully saturated rings. The lowest BCUT2D eigenvalue weighted by Crippen LogP contribution is -2.24. The van der Waals surface area contributed by atoms with Crippen LogP contribution in [0.2, 0.25) is 0 Å². The van der Waals surface area contributed by atoms with Crippen LogP contribution in [0.5, 0.6) is 5.75 Å². The second-order valence-corrected chi connectivity index (χ2v) is 4.89. The van der Waals surface area contributed by atoms with Crippen molar-refractivity contribution in [3.8, 4) is 5.75 Å². The number of phenolic OH excluding ortho intramolecular Hbond substituents is 1. The first-order valence-corrected chi connectivity index (χ1v) is 7.01. The standard InChI is InChI=1S/C17H17N3O3/c1-12-6-2-4-8-14(12)19-16(22)10-17(23)20-18-11-13-7-3-5-9-15(13)21/h2-9,11,21H,10H2,1H3,(H,19,22)(H,20,23)/b18-11+. The number of aryl methyl sites for hydroxylation is 1. The summed E-state index contributed by atoms with van der Waals surface area (Å²) >= 11 is 0. The van der Waals surface area contributed by atoms with Crippen LogP contribution in [0.4, 0.5) is 5.69 Å². The number of carbonyl (C=O) groups excluding carboxylic acids is 2. The van der Waals surface area contributed by atoms with Crippen LogP contribution in [0.25, 0.3) is 0 Å². The van der Waals surface area contributed by atoms with Crippen molar-refractivity contribution >= 4 is 23.7 Å². The van der Waals surface area contributed by atoms with Crippen molar-refractivity contribution in [3.05, 3.63) is 59.7 Å². The zero-order valence-electron chi connectivity index (χ0n) is 12.6. The van der Waals surface area contributed by atoms with E-state index < -0.39 is 11.8 Å². The van der Waals surface area contributed by atoms with E-state index >= 15 is 0 Å². The predicted octanol–water partition coefficient (Wildman–Crippen LogP) is 2.18. The minimum atomic E-state index is -0.539. The summed E-state index contributed by atoms with van der Waals surface area (Å²) in [6, 6.07) is 13.9. The molecule has 0 bridgehead atoms. The van der Waals surface area contributed by atoms with Gasteiger partial charge in [0, 0.05) is 11.3 Å². The maximum atomic E-state index is 11.8. The van der Waals surface area contributed by atoms with Crippen molar-refractivity contribution in [3.63, 3.8) is 0 Å². The number of hydrogen-bond donors (Lipinski definition) is 3. The fraction of sp³-hybridized carbons (Fsp3) is 0.118. The van der Waals surface area contributed by atoms with Gasteiger partial charge >= 0.3 is 0 Å². The Morgan fingerprint density at radius 3 is 2.52 bits per heavy atom. The Bertz CT molecular complexity index is 741. The monoisotopic (exact) mass is 311 g/mol. The zero-order chi connectivity index (χ0) is 16.7. The number of nitrogens with zero attached hydrogens (tertiary/aromatic N) is 1. The second-order valence-electron chi connectivity index (χ2n) is 4.89. The van der Waals surface area contributed by atoms with Gasteiger partial charge < -0.3 is 10.4 Å². The Morgan fingerprint density at radius 2 is 1.78 bits per heavy atom. The zero-order valence-corrected chi connectivity index (χ0v) is 12.6. The van der Waals surface area contributed by atoms with Crippen LogP contribution in [-0.2, 0) is 9.59 Å². The van der Waals surface area contributed by atoms with Crippen LogP contribution in [0, 0.1) is 6.92 Å². The summed E-state index contributed by atoms with van der Waals surface area (Å²) in [6.07, 6.45) is 0.971. The van der Waals surface area contributed by atoms with E-state index in [2.05, 4.69) is 15.8 Å². The Morgan fingerprint density at radius 1 is 1.09 bits per heavy atom. The third kappa shape index (κ3) is 4.96. The molecule has 0 aromatic heterocycles. The van der Waals surface area contributed by atoms with Crippen molar-refractivity contribution < 1.29 is 14.7 Å². The van der Waals surface area contributed by atoms with E-state index in [1.54, 1.807) is 30.3 Å². The molecule has 0 heterocycles. The number of rotatable bonds is 5. The maximum absolute atomic E-state index is 11.8. The highest BCUT2D eigenvalue weighted by molar-refractivity contribution is 6.04. The van der Waals surface area contributed by atoms with Crippen LogP contribution in [0.15, 0.2) is 53.6 Å². The van der Waals surface area contributed by atoms with Crippen molar-refractivity contribution in [1.29, 1.82) is 0 Å². The molecule has 23 heavy (non-hydrogen) atoms. The largest absolute Gasteiger partial charge is 0.507 e. The van der Waals surface area contributed by atoms with Crippen LogP contribution in [-0.4, -0.2) is 23.1 Å². The molecule has 0 aliphatic heterocycles. The number of carbonyl (C=O) groups is 2. The van der Waals surface area contributed by atoms with Gasteiger partial charge in [-0.1, -0.05) is 30.3 Å². The molecule has 0 radical (unpaired) electrons. The Balaban J connectivity index is 1.84. The number of benzene rings is 2. The summed E-state index contributed by atoms with van der Waals surface area (Å²) in [5.74, 6) is -0.903. The van der Waals surface area contributed by atoms with Crippen LogP contribution < -0.4 is 10.7 Å². The quantitative estimate of drug-likeness (QED) is 0.449. The molecule has 0 aliphatic carbocycles. The lowest BCUT2D eigenvalue weighted by atomic mass is 10.2. The first kappa shape index (κ1) is 16.2. The fourth-order valence-corrected chi connectivity index (χ4v) is 1.86. The van der Waals surface area contributed by atoms with Crippen molar-refractivity contribution in [2.75, 3.05) is 5.32 Å². The molecule has 0 saturated carbocycles.